The number of hydrogen-bond donors (Lipinski definition) is 3. The third kappa shape index (κ3) is 5.82. The van der Waals surface area contributed by atoms with E-state index in [0.717, 1.165) is 11.1 Å². The molecule has 158 valence electrons. The highest BCUT2D eigenvalue weighted by Gasteiger charge is 2.15. The topological polar surface area (TPSA) is 142 Å². The van der Waals surface area contributed by atoms with Crippen molar-refractivity contribution in [2.75, 3.05) is 25.9 Å². The molecule has 0 unspecified atom stereocenters. The molecule has 3 aromatic rings. The molecule has 0 spiro atoms. The van der Waals surface area contributed by atoms with Gasteiger partial charge in [-0.3, -0.25) is 4.79 Å². The molecule has 2 heterocycles. The lowest BCUT2D eigenvalue weighted by Gasteiger charge is -2.12. The number of nitrogens with two attached hydrogens (primary N) is 2. The van der Waals surface area contributed by atoms with Crippen molar-refractivity contribution in [2.45, 2.75) is 13.2 Å². The number of ether oxygens (including phenoxy) is 2. The zero-order valence-electron chi connectivity index (χ0n) is 16.3. The van der Waals surface area contributed by atoms with Crippen LogP contribution in [-0.2, 0) is 13.2 Å². The summed E-state index contributed by atoms with van der Waals surface area (Å²) in [5, 5.41) is 12.0. The summed E-state index contributed by atoms with van der Waals surface area (Å²) in [6.45, 7) is 2.18. The third-order valence-corrected chi connectivity index (χ3v) is 4.38. The number of benzene rings is 1. The van der Waals surface area contributed by atoms with Crippen LogP contribution < -0.4 is 25.8 Å². The molecule has 0 bridgehead atoms. The Morgan fingerprint density at radius 3 is 2.77 bits per heavy atom. The molecule has 0 fully saturated rings. The fraction of sp³-hybridized carbons (Fsp3) is 0.263. The van der Waals surface area contributed by atoms with Crippen molar-refractivity contribution in [2.24, 2.45) is 0 Å². The first kappa shape index (κ1) is 21.3. The lowest BCUT2D eigenvalue weighted by Crippen LogP contribution is -2.84. The molecular weight excluding hydrogens is 412 g/mol. The number of nitrogens with zero attached hydrogens (tertiary/aromatic N) is 3. The fourth-order valence-corrected chi connectivity index (χ4v) is 2.72. The highest BCUT2D eigenvalue weighted by atomic mass is 35.5. The predicted octanol–water partition coefficient (Wildman–Crippen LogP) is 0.781. The molecule has 0 aliphatic carbocycles. The Labute approximate surface area is 177 Å². The quantitative estimate of drug-likeness (QED) is 0.314. The molecule has 0 aliphatic heterocycles. The number of nitrogens with one attached hydrogen (secondary N) is 1. The number of quaternary nitrogens is 1. The van der Waals surface area contributed by atoms with Gasteiger partial charge >= 0.3 is 0 Å². The van der Waals surface area contributed by atoms with Crippen molar-refractivity contribution in [3.63, 3.8) is 0 Å². The standard InChI is InChI=1S/C19H21ClN6O4/c1-28-15-8-12(2-4-14(15)29-11-13-3-5-16(20)24-10-13)9-22-6-7-23-19(27)17-18(21)26-30-25-17/h2-5,8,10,22H,6-7,9,11H2,1H3,(H2,21,26)(H,23,27)/p+1. The van der Waals surface area contributed by atoms with Crippen molar-refractivity contribution in [3.8, 4) is 11.5 Å². The van der Waals surface area contributed by atoms with Gasteiger partial charge in [0.05, 0.1) is 20.2 Å². The minimum atomic E-state index is -0.416. The number of carbonyl (C=O) groups is 1. The van der Waals surface area contributed by atoms with Crippen LogP contribution in [0.4, 0.5) is 5.82 Å². The van der Waals surface area contributed by atoms with Crippen LogP contribution in [0.5, 0.6) is 11.5 Å². The maximum atomic E-state index is 11.9. The first-order chi connectivity index (χ1) is 14.6. The number of halogens is 1. The van der Waals surface area contributed by atoms with E-state index in [0.29, 0.717) is 42.9 Å². The van der Waals surface area contributed by atoms with Gasteiger partial charge < -0.3 is 25.8 Å². The Bertz CT molecular complexity index is 979. The van der Waals surface area contributed by atoms with Gasteiger partial charge in [-0.25, -0.2) is 9.61 Å². The van der Waals surface area contributed by atoms with Crippen LogP contribution in [0.3, 0.4) is 0 Å². The predicted molar refractivity (Wildman–Crippen MR) is 108 cm³/mol. The molecule has 0 saturated heterocycles. The van der Waals surface area contributed by atoms with Crippen LogP contribution >= 0.6 is 11.6 Å². The lowest BCUT2D eigenvalue weighted by atomic mass is 10.2. The summed E-state index contributed by atoms with van der Waals surface area (Å²) in [6, 6.07) is 9.34. The molecule has 0 aliphatic rings. The highest BCUT2D eigenvalue weighted by Crippen LogP contribution is 2.28. The summed E-state index contributed by atoms with van der Waals surface area (Å²) in [5.41, 5.74) is 7.44. The second kappa shape index (κ2) is 10.4. The maximum Gasteiger partial charge on any atom is 0.277 e. The van der Waals surface area contributed by atoms with Gasteiger partial charge in [-0.1, -0.05) is 17.7 Å². The number of carbonyl (C=O) groups excluding carboxylic acids is 1. The first-order valence-corrected chi connectivity index (χ1v) is 9.52. The minimum absolute atomic E-state index is 0.00953. The van der Waals surface area contributed by atoms with Crippen molar-refractivity contribution >= 4 is 23.3 Å². The zero-order valence-corrected chi connectivity index (χ0v) is 17.1. The van der Waals surface area contributed by atoms with E-state index >= 15 is 0 Å². The maximum absolute atomic E-state index is 11.9. The van der Waals surface area contributed by atoms with E-state index in [-0.39, 0.29) is 11.5 Å². The second-order valence-corrected chi connectivity index (χ2v) is 6.69. The van der Waals surface area contributed by atoms with E-state index in [1.807, 2.05) is 24.3 Å². The Morgan fingerprint density at radius 1 is 1.23 bits per heavy atom. The molecule has 0 saturated carbocycles. The van der Waals surface area contributed by atoms with Gasteiger partial charge in [0.1, 0.15) is 18.3 Å². The summed E-state index contributed by atoms with van der Waals surface area (Å²) >= 11 is 5.79. The van der Waals surface area contributed by atoms with Crippen molar-refractivity contribution in [3.05, 3.63) is 58.5 Å². The number of nitrogen functional groups attached to an aromatic ring is 1. The summed E-state index contributed by atoms with van der Waals surface area (Å²) in [7, 11) is 1.60. The van der Waals surface area contributed by atoms with Crippen molar-refractivity contribution in [1.29, 1.82) is 0 Å². The fourth-order valence-electron chi connectivity index (χ4n) is 2.60. The molecule has 30 heavy (non-hydrogen) atoms. The SMILES string of the molecule is COc1cc(C[NH2+]CCNC(=O)c2nonc2N)ccc1OCc1ccc(Cl)nc1. The summed E-state index contributed by atoms with van der Waals surface area (Å²) < 4.78 is 15.7. The molecule has 1 amide bonds. The number of amides is 1. The van der Waals surface area contributed by atoms with Crippen LogP contribution in [0.2, 0.25) is 5.15 Å². The highest BCUT2D eigenvalue weighted by molar-refractivity contribution is 6.29. The minimum Gasteiger partial charge on any atom is -0.493 e. The number of rotatable bonds is 10. The van der Waals surface area contributed by atoms with Crippen LogP contribution in [0, 0.1) is 0 Å². The van der Waals surface area contributed by atoms with E-state index in [1.54, 1.807) is 19.4 Å². The average molecular weight is 434 g/mol. The van der Waals surface area contributed by atoms with E-state index < -0.39 is 5.91 Å². The largest absolute Gasteiger partial charge is 0.493 e. The third-order valence-electron chi connectivity index (χ3n) is 4.15. The van der Waals surface area contributed by atoms with E-state index in [1.165, 1.54) is 0 Å². The Kier molecular flexibility index (Phi) is 7.41. The average Bonchev–Trinajstić information content (AvgIpc) is 3.19. The van der Waals surface area contributed by atoms with Crippen LogP contribution in [-0.4, -0.2) is 41.4 Å². The van der Waals surface area contributed by atoms with Crippen LogP contribution in [0.15, 0.2) is 41.2 Å². The van der Waals surface area contributed by atoms with Crippen molar-refractivity contribution < 1.29 is 24.2 Å². The van der Waals surface area contributed by atoms with Crippen LogP contribution in [0.1, 0.15) is 21.6 Å². The second-order valence-electron chi connectivity index (χ2n) is 6.30. The van der Waals surface area contributed by atoms with Gasteiger partial charge in [0.15, 0.2) is 11.5 Å². The Balaban J connectivity index is 1.44. The molecule has 0 radical (unpaired) electrons. The van der Waals surface area contributed by atoms with Gasteiger partial charge in [-0.15, -0.1) is 0 Å². The van der Waals surface area contributed by atoms with Gasteiger partial charge in [0.2, 0.25) is 11.5 Å². The number of aromatic nitrogens is 3. The lowest BCUT2D eigenvalue weighted by molar-refractivity contribution is -0.668. The van der Waals surface area contributed by atoms with Gasteiger partial charge in [0.25, 0.3) is 5.91 Å². The summed E-state index contributed by atoms with van der Waals surface area (Å²) in [6.07, 6.45) is 1.67. The Morgan fingerprint density at radius 2 is 2.07 bits per heavy atom. The summed E-state index contributed by atoms with van der Waals surface area (Å²) in [4.78, 5) is 15.9. The molecule has 10 nitrogen and oxygen atoms in total. The molecule has 11 heteroatoms. The van der Waals surface area contributed by atoms with Gasteiger partial charge in [-0.2, -0.15) is 0 Å². The van der Waals surface area contributed by atoms with Crippen LogP contribution in [0.25, 0.3) is 0 Å². The molecule has 1 aromatic carbocycles. The van der Waals surface area contributed by atoms with Crippen molar-refractivity contribution in [1.82, 2.24) is 20.6 Å². The van der Waals surface area contributed by atoms with Gasteiger partial charge in [-0.05, 0) is 34.6 Å². The van der Waals surface area contributed by atoms with E-state index in [9.17, 15) is 4.79 Å². The number of hydrogen-bond acceptors (Lipinski definition) is 8. The normalized spacial score (nSPS) is 10.6. The number of anilines is 1. The van der Waals surface area contributed by atoms with Gasteiger partial charge in [0, 0.05) is 17.3 Å². The monoisotopic (exact) mass is 433 g/mol. The zero-order chi connectivity index (χ0) is 21.3. The number of pyridine rings is 1. The Hall–Kier alpha value is -3.37. The molecule has 2 aromatic heterocycles. The molecule has 3 rings (SSSR count). The van der Waals surface area contributed by atoms with E-state index in [4.69, 9.17) is 26.8 Å². The molecular formula is C19H22ClN6O4+. The molecule has 5 N–H and O–H groups in total. The first-order valence-electron chi connectivity index (χ1n) is 9.15. The summed E-state index contributed by atoms with van der Waals surface area (Å²) in [5.74, 6) is 0.840. The number of methoxy groups -OCH3 is 1. The molecule has 0 atom stereocenters. The smallest absolute Gasteiger partial charge is 0.277 e. The van der Waals surface area contributed by atoms with E-state index in [2.05, 4.69) is 30.6 Å².